The van der Waals surface area contributed by atoms with E-state index in [1.165, 1.54) is 0 Å². The molecule has 0 aliphatic rings. The minimum atomic E-state index is -3.84. The van der Waals surface area contributed by atoms with E-state index in [0.717, 1.165) is 16.3 Å². The third-order valence-corrected chi connectivity index (χ3v) is 6.03. The Morgan fingerprint density at radius 2 is 1.77 bits per heavy atom. The number of amides is 1. The molecule has 2 rings (SSSR count). The Balaban J connectivity index is 2.34. The minimum absolute atomic E-state index is 0.0232. The van der Waals surface area contributed by atoms with Crippen LogP contribution in [0.5, 0.6) is 0 Å². The number of halogens is 1. The van der Waals surface area contributed by atoms with Crippen LogP contribution in [-0.2, 0) is 21.4 Å². The first-order chi connectivity index (χ1) is 12.3. The molecule has 0 saturated heterocycles. The Bertz CT molecular complexity index is 851. The van der Waals surface area contributed by atoms with Crippen molar-refractivity contribution < 1.29 is 13.2 Å². The molecule has 5 nitrogen and oxygen atoms in total. The highest BCUT2D eigenvalue weighted by Crippen LogP contribution is 2.22. The lowest BCUT2D eigenvalue weighted by atomic mass is 10.2. The average molecular weight is 395 g/mol. The van der Waals surface area contributed by atoms with Gasteiger partial charge in [0.05, 0.1) is 11.4 Å². The summed E-state index contributed by atoms with van der Waals surface area (Å²) in [5.74, 6) is -0.338. The summed E-state index contributed by atoms with van der Waals surface area (Å²) in [4.78, 5) is 12.3. The monoisotopic (exact) mass is 394 g/mol. The Labute approximate surface area is 160 Å². The van der Waals surface area contributed by atoms with E-state index in [-0.39, 0.29) is 23.9 Å². The number of benzene rings is 2. The number of carbonyl (C=O) groups excluding carboxylic acids is 1. The molecular formula is C19H23ClN2O3S. The molecule has 1 N–H and O–H groups in total. The van der Waals surface area contributed by atoms with Gasteiger partial charge in [-0.3, -0.25) is 4.79 Å². The third-order valence-electron chi connectivity index (χ3n) is 3.86. The van der Waals surface area contributed by atoms with Crippen LogP contribution in [0.15, 0.2) is 53.4 Å². The van der Waals surface area contributed by atoms with Gasteiger partial charge in [0.2, 0.25) is 15.9 Å². The van der Waals surface area contributed by atoms with Gasteiger partial charge in [-0.2, -0.15) is 4.31 Å². The van der Waals surface area contributed by atoms with Gasteiger partial charge in [-0.05, 0) is 37.1 Å². The number of aryl methyl sites for hydroxylation is 1. The molecule has 0 aromatic heterocycles. The number of hydrogen-bond donors (Lipinski definition) is 1. The molecule has 0 radical (unpaired) electrons. The summed E-state index contributed by atoms with van der Waals surface area (Å²) in [6, 6.07) is 13.6. The van der Waals surface area contributed by atoms with Crippen LogP contribution in [0.1, 0.15) is 24.5 Å². The number of nitrogens with zero attached hydrogens (tertiary/aromatic N) is 1. The molecule has 0 fully saturated rings. The van der Waals surface area contributed by atoms with Crippen molar-refractivity contribution >= 4 is 27.5 Å². The van der Waals surface area contributed by atoms with Crippen LogP contribution in [-0.4, -0.2) is 31.7 Å². The van der Waals surface area contributed by atoms with Gasteiger partial charge in [0.25, 0.3) is 0 Å². The smallest absolute Gasteiger partial charge is 0.243 e. The summed E-state index contributed by atoms with van der Waals surface area (Å²) >= 11 is 6.18. The summed E-state index contributed by atoms with van der Waals surface area (Å²) in [6.07, 6.45) is 0.779. The van der Waals surface area contributed by atoms with E-state index >= 15 is 0 Å². The first kappa shape index (κ1) is 20.4. The van der Waals surface area contributed by atoms with Crippen molar-refractivity contribution in [1.29, 1.82) is 0 Å². The molecule has 0 heterocycles. The second kappa shape index (κ2) is 9.16. The molecule has 140 valence electrons. The molecule has 2 aromatic rings. The average Bonchev–Trinajstić information content (AvgIpc) is 2.61. The second-order valence-electron chi connectivity index (χ2n) is 6.03. The fraction of sp³-hybridized carbons (Fsp3) is 0.316. The van der Waals surface area contributed by atoms with Crippen molar-refractivity contribution in [2.45, 2.75) is 31.7 Å². The summed E-state index contributed by atoms with van der Waals surface area (Å²) < 4.78 is 27.3. The molecule has 0 saturated carbocycles. The Morgan fingerprint density at radius 1 is 1.12 bits per heavy atom. The van der Waals surface area contributed by atoms with Gasteiger partial charge >= 0.3 is 0 Å². The van der Waals surface area contributed by atoms with Gasteiger partial charge < -0.3 is 5.32 Å². The molecule has 0 unspecified atom stereocenters. The quantitative estimate of drug-likeness (QED) is 0.746. The highest BCUT2D eigenvalue weighted by atomic mass is 35.5. The normalized spacial score (nSPS) is 11.5. The number of rotatable bonds is 8. The Morgan fingerprint density at radius 3 is 2.38 bits per heavy atom. The van der Waals surface area contributed by atoms with E-state index in [1.807, 2.05) is 13.8 Å². The first-order valence-corrected chi connectivity index (χ1v) is 10.2. The van der Waals surface area contributed by atoms with Crippen LogP contribution < -0.4 is 5.32 Å². The van der Waals surface area contributed by atoms with E-state index in [1.54, 1.807) is 48.5 Å². The van der Waals surface area contributed by atoms with Crippen LogP contribution in [0.3, 0.4) is 0 Å². The van der Waals surface area contributed by atoms with E-state index in [4.69, 9.17) is 11.6 Å². The maximum absolute atomic E-state index is 13.1. The highest BCUT2D eigenvalue weighted by molar-refractivity contribution is 7.89. The Kier molecular flexibility index (Phi) is 7.20. The van der Waals surface area contributed by atoms with Crippen molar-refractivity contribution in [3.05, 3.63) is 64.7 Å². The van der Waals surface area contributed by atoms with Crippen molar-refractivity contribution in [2.24, 2.45) is 0 Å². The zero-order chi connectivity index (χ0) is 19.2. The van der Waals surface area contributed by atoms with E-state index < -0.39 is 10.0 Å². The van der Waals surface area contributed by atoms with Crippen molar-refractivity contribution in [3.63, 3.8) is 0 Å². The van der Waals surface area contributed by atoms with Gasteiger partial charge in [0.1, 0.15) is 0 Å². The third kappa shape index (κ3) is 5.30. The van der Waals surface area contributed by atoms with Crippen LogP contribution in [0, 0.1) is 6.92 Å². The molecule has 7 heteroatoms. The van der Waals surface area contributed by atoms with Crippen molar-refractivity contribution in [2.75, 3.05) is 13.1 Å². The first-order valence-electron chi connectivity index (χ1n) is 8.41. The lowest BCUT2D eigenvalue weighted by Gasteiger charge is -2.22. The van der Waals surface area contributed by atoms with Gasteiger partial charge in [-0.1, -0.05) is 54.4 Å². The molecule has 1 amide bonds. The number of hydrogen-bond acceptors (Lipinski definition) is 3. The van der Waals surface area contributed by atoms with Crippen LogP contribution in [0.2, 0.25) is 5.02 Å². The standard InChI is InChI=1S/C19H23ClN2O3S/c1-3-12-21-19(23)14-22(13-16-6-4-5-7-18(16)20)26(24,25)17-10-8-15(2)9-11-17/h4-11H,3,12-14H2,1-2H3,(H,21,23). The highest BCUT2D eigenvalue weighted by Gasteiger charge is 2.27. The van der Waals surface area contributed by atoms with Gasteiger partial charge in [0.15, 0.2) is 0 Å². The summed E-state index contributed by atoms with van der Waals surface area (Å²) in [6.45, 7) is 4.08. The minimum Gasteiger partial charge on any atom is -0.355 e. The predicted octanol–water partition coefficient (Wildman–Crippen LogP) is 3.37. The van der Waals surface area contributed by atoms with Crippen molar-refractivity contribution in [1.82, 2.24) is 9.62 Å². The fourth-order valence-electron chi connectivity index (χ4n) is 2.38. The number of sulfonamides is 1. The number of nitrogens with one attached hydrogen (secondary N) is 1. The van der Waals surface area contributed by atoms with E-state index in [9.17, 15) is 13.2 Å². The summed E-state index contributed by atoms with van der Waals surface area (Å²) in [5.41, 5.74) is 1.61. The fourth-order valence-corrected chi connectivity index (χ4v) is 3.95. The maximum atomic E-state index is 13.1. The van der Waals surface area contributed by atoms with Gasteiger partial charge in [0, 0.05) is 18.1 Å². The van der Waals surface area contributed by atoms with Crippen LogP contribution >= 0.6 is 11.6 Å². The molecule has 0 aliphatic carbocycles. The molecule has 0 atom stereocenters. The number of carbonyl (C=O) groups is 1. The predicted molar refractivity (Wildman–Crippen MR) is 104 cm³/mol. The van der Waals surface area contributed by atoms with Crippen LogP contribution in [0.4, 0.5) is 0 Å². The molecule has 26 heavy (non-hydrogen) atoms. The van der Waals surface area contributed by atoms with E-state index in [0.29, 0.717) is 17.1 Å². The molecule has 0 spiro atoms. The molecular weight excluding hydrogens is 372 g/mol. The molecule has 2 aromatic carbocycles. The largest absolute Gasteiger partial charge is 0.355 e. The lowest BCUT2D eigenvalue weighted by Crippen LogP contribution is -2.40. The zero-order valence-electron chi connectivity index (χ0n) is 14.9. The van der Waals surface area contributed by atoms with Gasteiger partial charge in [-0.25, -0.2) is 8.42 Å². The van der Waals surface area contributed by atoms with Crippen molar-refractivity contribution in [3.8, 4) is 0 Å². The maximum Gasteiger partial charge on any atom is 0.243 e. The summed E-state index contributed by atoms with van der Waals surface area (Å²) in [5, 5.41) is 3.18. The van der Waals surface area contributed by atoms with E-state index in [2.05, 4.69) is 5.32 Å². The topological polar surface area (TPSA) is 66.5 Å². The Hall–Kier alpha value is -1.89. The lowest BCUT2D eigenvalue weighted by molar-refractivity contribution is -0.121. The SMILES string of the molecule is CCCNC(=O)CN(Cc1ccccc1Cl)S(=O)(=O)c1ccc(C)cc1. The second-order valence-corrected chi connectivity index (χ2v) is 8.37. The summed E-state index contributed by atoms with van der Waals surface area (Å²) in [7, 11) is -3.84. The molecule has 0 aliphatic heterocycles. The molecule has 0 bridgehead atoms. The van der Waals surface area contributed by atoms with Crippen LogP contribution in [0.25, 0.3) is 0 Å². The van der Waals surface area contributed by atoms with Gasteiger partial charge in [-0.15, -0.1) is 0 Å². The zero-order valence-corrected chi connectivity index (χ0v) is 16.5.